The van der Waals surface area contributed by atoms with Gasteiger partial charge in [-0.2, -0.15) is 9.78 Å². The largest absolute Gasteiger partial charge is 0.489 e. The molecule has 0 aliphatic rings. The molecule has 5 aromatic rings. The predicted octanol–water partition coefficient (Wildman–Crippen LogP) is 7.07. The van der Waals surface area contributed by atoms with E-state index in [4.69, 9.17) is 9.72 Å². The van der Waals surface area contributed by atoms with Crippen LogP contribution < -0.4 is 10.3 Å². The molecule has 36 heavy (non-hydrogen) atoms. The van der Waals surface area contributed by atoms with Crippen LogP contribution in [0.15, 0.2) is 99.3 Å². The van der Waals surface area contributed by atoms with E-state index >= 15 is 0 Å². The van der Waals surface area contributed by atoms with Crippen molar-refractivity contribution >= 4 is 43.8 Å². The number of fused-ring (bicyclic) bond motifs is 2. The number of rotatable bonds is 5. The van der Waals surface area contributed by atoms with Crippen LogP contribution in [0.25, 0.3) is 21.7 Å². The number of aromatic nitrogens is 2. The van der Waals surface area contributed by atoms with E-state index in [0.29, 0.717) is 23.3 Å². The van der Waals surface area contributed by atoms with Crippen molar-refractivity contribution in [3.63, 3.8) is 0 Å². The van der Waals surface area contributed by atoms with Gasteiger partial charge in [0.2, 0.25) is 0 Å². The fraction of sp³-hybridized carbons (Fsp3) is 0.167. The third-order valence-corrected chi connectivity index (χ3v) is 6.43. The highest BCUT2D eigenvalue weighted by Gasteiger charge is 2.22. The van der Waals surface area contributed by atoms with E-state index in [9.17, 15) is 4.79 Å². The van der Waals surface area contributed by atoms with Crippen LogP contribution >= 0.6 is 15.9 Å². The summed E-state index contributed by atoms with van der Waals surface area (Å²) in [7, 11) is 0. The average molecular weight is 540 g/mol. The second-order valence-corrected chi connectivity index (χ2v) is 10.6. The lowest BCUT2D eigenvalue weighted by Crippen LogP contribution is -2.29. The number of halogens is 1. The molecule has 0 radical (unpaired) electrons. The second kappa shape index (κ2) is 9.70. The fourth-order valence-electron chi connectivity index (χ4n) is 4.13. The minimum Gasteiger partial charge on any atom is -0.489 e. The highest BCUT2D eigenvalue weighted by atomic mass is 79.9. The Morgan fingerprint density at radius 1 is 0.944 bits per heavy atom. The van der Waals surface area contributed by atoms with Gasteiger partial charge in [-0.3, -0.25) is 4.79 Å². The molecule has 0 saturated carbocycles. The van der Waals surface area contributed by atoms with Gasteiger partial charge in [-0.05, 0) is 52.2 Å². The Labute approximate surface area is 218 Å². The Balaban J connectivity index is 1.45. The van der Waals surface area contributed by atoms with Gasteiger partial charge in [-0.1, -0.05) is 91.3 Å². The molecule has 0 spiro atoms. The van der Waals surface area contributed by atoms with E-state index in [0.717, 1.165) is 21.3 Å². The van der Waals surface area contributed by atoms with Crippen LogP contribution in [0.5, 0.6) is 5.75 Å². The Hall–Kier alpha value is -3.77. The van der Waals surface area contributed by atoms with E-state index in [1.807, 2.05) is 75.4 Å². The molecule has 5 nitrogen and oxygen atoms in total. The second-order valence-electron chi connectivity index (χ2n) is 9.71. The van der Waals surface area contributed by atoms with Gasteiger partial charge < -0.3 is 4.74 Å². The summed E-state index contributed by atoms with van der Waals surface area (Å²) in [6.45, 7) is 6.52. The number of nitrogens with zero attached hydrogens (tertiary/aromatic N) is 3. The van der Waals surface area contributed by atoms with E-state index in [2.05, 4.69) is 45.3 Å². The SMILES string of the molecule is CC(C)(C)c1nc2ccc(Br)cc2c(=O)n1N=Cc1cccc(OCc2cccc3ccccc23)c1. The summed E-state index contributed by atoms with van der Waals surface area (Å²) in [5.41, 5.74) is 2.03. The van der Waals surface area contributed by atoms with E-state index in [-0.39, 0.29) is 11.0 Å². The van der Waals surface area contributed by atoms with E-state index in [1.165, 1.54) is 15.4 Å². The van der Waals surface area contributed by atoms with Crippen LogP contribution in [0.3, 0.4) is 0 Å². The molecule has 0 bridgehead atoms. The maximum absolute atomic E-state index is 13.4. The lowest BCUT2D eigenvalue weighted by atomic mass is 9.95. The number of hydrogen-bond acceptors (Lipinski definition) is 4. The minimum atomic E-state index is -0.374. The molecule has 0 amide bonds. The third-order valence-electron chi connectivity index (χ3n) is 5.93. The summed E-state index contributed by atoms with van der Waals surface area (Å²) in [6.07, 6.45) is 1.67. The molecule has 0 N–H and O–H groups in total. The molecule has 0 fully saturated rings. The summed E-state index contributed by atoms with van der Waals surface area (Å²) in [5, 5.41) is 7.46. The van der Waals surface area contributed by atoms with Crippen molar-refractivity contribution in [1.29, 1.82) is 0 Å². The predicted molar refractivity (Wildman–Crippen MR) is 150 cm³/mol. The van der Waals surface area contributed by atoms with Crippen molar-refractivity contribution < 1.29 is 4.74 Å². The maximum atomic E-state index is 13.4. The van der Waals surface area contributed by atoms with Crippen molar-refractivity contribution in [2.24, 2.45) is 5.10 Å². The van der Waals surface area contributed by atoms with Gasteiger partial charge in [0.05, 0.1) is 17.1 Å². The third kappa shape index (κ3) is 4.95. The zero-order valence-corrected chi connectivity index (χ0v) is 22.0. The summed E-state index contributed by atoms with van der Waals surface area (Å²) in [4.78, 5) is 18.1. The maximum Gasteiger partial charge on any atom is 0.282 e. The van der Waals surface area contributed by atoms with Crippen molar-refractivity contribution in [1.82, 2.24) is 9.66 Å². The molecule has 1 aromatic heterocycles. The molecule has 0 saturated heterocycles. The van der Waals surface area contributed by atoms with Crippen LogP contribution in [-0.2, 0) is 12.0 Å². The number of ether oxygens (including phenoxy) is 1. The standard InChI is InChI=1S/C30H26BrN3O2/c1-30(2,3)29-33-27-15-14-23(31)17-26(27)28(35)34(29)32-18-20-8-6-12-24(16-20)36-19-22-11-7-10-21-9-4-5-13-25(21)22/h4-18H,19H2,1-3H3. The first-order valence-electron chi connectivity index (χ1n) is 11.8. The van der Waals surface area contributed by atoms with Crippen LogP contribution in [0.1, 0.15) is 37.7 Å². The summed E-state index contributed by atoms with van der Waals surface area (Å²) >= 11 is 3.45. The van der Waals surface area contributed by atoms with Gasteiger partial charge in [-0.25, -0.2) is 4.98 Å². The highest BCUT2D eigenvalue weighted by Crippen LogP contribution is 2.24. The molecule has 0 aliphatic heterocycles. The monoisotopic (exact) mass is 539 g/mol. The summed E-state index contributed by atoms with van der Waals surface area (Å²) in [5.74, 6) is 1.33. The van der Waals surface area contributed by atoms with Crippen molar-refractivity contribution in [2.75, 3.05) is 0 Å². The smallest absolute Gasteiger partial charge is 0.282 e. The molecule has 5 rings (SSSR count). The molecule has 180 valence electrons. The first kappa shape index (κ1) is 23.9. The summed E-state index contributed by atoms with van der Waals surface area (Å²) < 4.78 is 8.34. The van der Waals surface area contributed by atoms with Crippen LogP contribution in [0.2, 0.25) is 0 Å². The molecule has 1 heterocycles. The molecular formula is C30H26BrN3O2. The van der Waals surface area contributed by atoms with Gasteiger partial charge in [-0.15, -0.1) is 0 Å². The average Bonchev–Trinajstić information content (AvgIpc) is 2.87. The normalized spacial score (nSPS) is 12.0. The lowest BCUT2D eigenvalue weighted by molar-refractivity contribution is 0.307. The van der Waals surface area contributed by atoms with Crippen LogP contribution in [0, 0.1) is 0 Å². The Bertz CT molecular complexity index is 1660. The lowest BCUT2D eigenvalue weighted by Gasteiger charge is -2.20. The molecule has 0 atom stereocenters. The highest BCUT2D eigenvalue weighted by molar-refractivity contribution is 9.10. The first-order valence-corrected chi connectivity index (χ1v) is 12.6. The topological polar surface area (TPSA) is 56.5 Å². The van der Waals surface area contributed by atoms with Gasteiger partial charge in [0, 0.05) is 9.89 Å². The molecular weight excluding hydrogens is 514 g/mol. The number of hydrogen-bond donors (Lipinski definition) is 0. The quantitative estimate of drug-likeness (QED) is 0.224. The number of benzene rings is 4. The van der Waals surface area contributed by atoms with E-state index < -0.39 is 0 Å². The van der Waals surface area contributed by atoms with Crippen LogP contribution in [0.4, 0.5) is 0 Å². The first-order chi connectivity index (χ1) is 17.3. The zero-order valence-electron chi connectivity index (χ0n) is 20.4. The Morgan fingerprint density at radius 3 is 2.56 bits per heavy atom. The van der Waals surface area contributed by atoms with Crippen molar-refractivity contribution in [3.8, 4) is 5.75 Å². The van der Waals surface area contributed by atoms with E-state index in [1.54, 1.807) is 12.3 Å². The molecule has 0 aliphatic carbocycles. The minimum absolute atomic E-state index is 0.203. The van der Waals surface area contributed by atoms with Crippen LogP contribution in [-0.4, -0.2) is 15.9 Å². The van der Waals surface area contributed by atoms with Gasteiger partial charge >= 0.3 is 0 Å². The molecule has 0 unspecified atom stereocenters. The Kier molecular flexibility index (Phi) is 6.46. The van der Waals surface area contributed by atoms with Crippen molar-refractivity contribution in [3.05, 3.63) is 117 Å². The zero-order chi connectivity index (χ0) is 25.3. The van der Waals surface area contributed by atoms with Crippen molar-refractivity contribution in [2.45, 2.75) is 32.8 Å². The van der Waals surface area contributed by atoms with Gasteiger partial charge in [0.25, 0.3) is 5.56 Å². The van der Waals surface area contributed by atoms with Gasteiger partial charge in [0.15, 0.2) is 0 Å². The molecule has 4 aromatic carbocycles. The fourth-order valence-corrected chi connectivity index (χ4v) is 4.49. The van der Waals surface area contributed by atoms with Gasteiger partial charge in [0.1, 0.15) is 18.2 Å². The Morgan fingerprint density at radius 2 is 1.72 bits per heavy atom. The molecule has 6 heteroatoms. The summed E-state index contributed by atoms with van der Waals surface area (Å²) in [6, 6.07) is 27.7.